The summed E-state index contributed by atoms with van der Waals surface area (Å²) in [6, 6.07) is -2.46. The van der Waals surface area contributed by atoms with Crippen LogP contribution in [0, 0.1) is 5.92 Å². The monoisotopic (exact) mass is 247 g/mol. The van der Waals surface area contributed by atoms with Gasteiger partial charge in [0.05, 0.1) is 6.42 Å². The molecule has 0 rings (SSSR count). The van der Waals surface area contributed by atoms with E-state index in [1.54, 1.807) is 13.8 Å². The van der Waals surface area contributed by atoms with E-state index in [2.05, 4.69) is 5.32 Å². The van der Waals surface area contributed by atoms with Crippen LogP contribution in [0.1, 0.15) is 26.7 Å². The average molecular weight is 247 g/mol. The minimum atomic E-state index is -1.40. The maximum atomic E-state index is 10.9. The van der Waals surface area contributed by atoms with E-state index in [-0.39, 0.29) is 12.3 Å². The molecule has 17 heavy (non-hydrogen) atoms. The highest BCUT2D eigenvalue weighted by atomic mass is 16.4. The van der Waals surface area contributed by atoms with Crippen molar-refractivity contribution in [3.8, 4) is 0 Å². The molecule has 0 radical (unpaired) electrons. The molecule has 0 saturated heterocycles. The van der Waals surface area contributed by atoms with Gasteiger partial charge >= 0.3 is 17.9 Å². The highest BCUT2D eigenvalue weighted by molar-refractivity contribution is 5.82. The topological polar surface area (TPSA) is 124 Å². The molecule has 0 aliphatic rings. The summed E-state index contributed by atoms with van der Waals surface area (Å²) in [5.41, 5.74) is 0. The van der Waals surface area contributed by atoms with Gasteiger partial charge in [0.25, 0.3) is 0 Å². The molecule has 0 aromatic rings. The molecule has 7 nitrogen and oxygen atoms in total. The Hall–Kier alpha value is -1.63. The van der Waals surface area contributed by atoms with Crippen molar-refractivity contribution < 1.29 is 29.7 Å². The Kier molecular flexibility index (Phi) is 6.19. The zero-order chi connectivity index (χ0) is 13.6. The summed E-state index contributed by atoms with van der Waals surface area (Å²) in [6.45, 7) is 3.59. The molecule has 0 amide bonds. The van der Waals surface area contributed by atoms with Gasteiger partial charge in [0.15, 0.2) is 0 Å². The summed E-state index contributed by atoms with van der Waals surface area (Å²) in [7, 11) is 0. The number of hydrogen-bond donors (Lipinski definition) is 4. The molecule has 4 N–H and O–H groups in total. The second kappa shape index (κ2) is 6.85. The minimum absolute atomic E-state index is 0.0582. The number of carboxylic acid groups (broad SMARTS) is 3. The van der Waals surface area contributed by atoms with Crippen molar-refractivity contribution in [1.29, 1.82) is 0 Å². The highest BCUT2D eigenvalue weighted by Crippen LogP contribution is 2.07. The van der Waals surface area contributed by atoms with Crippen LogP contribution in [0.5, 0.6) is 0 Å². The largest absolute Gasteiger partial charge is 0.481 e. The van der Waals surface area contributed by atoms with Gasteiger partial charge in [-0.05, 0) is 12.3 Å². The van der Waals surface area contributed by atoms with E-state index >= 15 is 0 Å². The molecule has 0 spiro atoms. The molecule has 7 heteroatoms. The van der Waals surface area contributed by atoms with Crippen LogP contribution in [-0.4, -0.2) is 45.3 Å². The molecule has 0 aromatic carbocycles. The molecule has 0 saturated carbocycles. The first-order valence-electron chi connectivity index (χ1n) is 5.17. The SMILES string of the molecule is CC(C)CC(NC(CC(=O)O)C(=O)O)C(=O)O. The first-order valence-corrected chi connectivity index (χ1v) is 5.17. The quantitative estimate of drug-likeness (QED) is 0.476. The number of carboxylic acids is 3. The van der Waals surface area contributed by atoms with Crippen LogP contribution < -0.4 is 5.32 Å². The zero-order valence-electron chi connectivity index (χ0n) is 9.71. The average Bonchev–Trinajstić information content (AvgIpc) is 2.13. The molecule has 0 aliphatic carbocycles. The Morgan fingerprint density at radius 2 is 1.47 bits per heavy atom. The van der Waals surface area contributed by atoms with E-state index < -0.39 is 36.4 Å². The molecule has 2 unspecified atom stereocenters. The fourth-order valence-corrected chi connectivity index (χ4v) is 1.35. The summed E-state index contributed by atoms with van der Waals surface area (Å²) in [5, 5.41) is 28.5. The van der Waals surface area contributed by atoms with Crippen molar-refractivity contribution in [3.63, 3.8) is 0 Å². The van der Waals surface area contributed by atoms with Crippen molar-refractivity contribution in [1.82, 2.24) is 5.32 Å². The van der Waals surface area contributed by atoms with Gasteiger partial charge in [-0.3, -0.25) is 19.7 Å². The number of aliphatic carboxylic acids is 3. The van der Waals surface area contributed by atoms with Crippen LogP contribution in [0.4, 0.5) is 0 Å². The van der Waals surface area contributed by atoms with Crippen LogP contribution in [0.3, 0.4) is 0 Å². The van der Waals surface area contributed by atoms with Crippen molar-refractivity contribution in [2.24, 2.45) is 5.92 Å². The third-order valence-electron chi connectivity index (χ3n) is 2.08. The molecule has 0 fully saturated rings. The van der Waals surface area contributed by atoms with Crippen LogP contribution in [0.2, 0.25) is 0 Å². The molecule has 0 bridgehead atoms. The van der Waals surface area contributed by atoms with E-state index in [4.69, 9.17) is 15.3 Å². The highest BCUT2D eigenvalue weighted by Gasteiger charge is 2.28. The van der Waals surface area contributed by atoms with Crippen molar-refractivity contribution in [2.75, 3.05) is 0 Å². The van der Waals surface area contributed by atoms with Gasteiger partial charge in [-0.1, -0.05) is 13.8 Å². The smallest absolute Gasteiger partial charge is 0.321 e. The Morgan fingerprint density at radius 3 is 1.76 bits per heavy atom. The lowest BCUT2D eigenvalue weighted by Gasteiger charge is -2.20. The standard InChI is InChI=1S/C10H17NO6/c1-5(2)3-6(9(14)15)11-7(10(16)17)4-8(12)13/h5-7,11H,3-4H2,1-2H3,(H,12,13)(H,14,15)(H,16,17). The third kappa shape index (κ3) is 6.52. The number of rotatable bonds is 8. The lowest BCUT2D eigenvalue weighted by atomic mass is 10.0. The molecular weight excluding hydrogens is 230 g/mol. The molecule has 98 valence electrons. The first kappa shape index (κ1) is 15.4. The summed E-state index contributed by atoms with van der Waals surface area (Å²) in [4.78, 5) is 32.1. The lowest BCUT2D eigenvalue weighted by molar-refractivity contribution is -0.148. The van der Waals surface area contributed by atoms with Gasteiger partial charge in [-0.2, -0.15) is 0 Å². The van der Waals surface area contributed by atoms with Gasteiger partial charge in [0.2, 0.25) is 0 Å². The maximum absolute atomic E-state index is 10.9. The minimum Gasteiger partial charge on any atom is -0.481 e. The first-order chi connectivity index (χ1) is 7.73. The summed E-state index contributed by atoms with van der Waals surface area (Å²) in [5.74, 6) is -3.79. The predicted molar refractivity (Wildman–Crippen MR) is 57.7 cm³/mol. The number of carbonyl (C=O) groups is 3. The molecule has 0 heterocycles. The van der Waals surface area contributed by atoms with Crippen molar-refractivity contribution in [3.05, 3.63) is 0 Å². The Morgan fingerprint density at radius 1 is 1.00 bits per heavy atom. The van der Waals surface area contributed by atoms with E-state index in [0.717, 1.165) is 0 Å². The van der Waals surface area contributed by atoms with E-state index in [1.165, 1.54) is 0 Å². The molecule has 0 aromatic heterocycles. The fourth-order valence-electron chi connectivity index (χ4n) is 1.35. The summed E-state index contributed by atoms with van der Waals surface area (Å²) < 4.78 is 0. The van der Waals surface area contributed by atoms with E-state index in [0.29, 0.717) is 0 Å². The Bertz CT molecular complexity index is 301. The number of nitrogens with one attached hydrogen (secondary N) is 1. The molecule has 0 aliphatic heterocycles. The molecular formula is C10H17NO6. The second-order valence-corrected chi connectivity index (χ2v) is 4.18. The Labute approximate surface area is 98.4 Å². The fraction of sp³-hybridized carbons (Fsp3) is 0.700. The van der Waals surface area contributed by atoms with Crippen molar-refractivity contribution >= 4 is 17.9 Å². The van der Waals surface area contributed by atoms with Crippen LogP contribution >= 0.6 is 0 Å². The second-order valence-electron chi connectivity index (χ2n) is 4.18. The van der Waals surface area contributed by atoms with Gasteiger partial charge in [0, 0.05) is 0 Å². The van der Waals surface area contributed by atoms with Gasteiger partial charge in [-0.15, -0.1) is 0 Å². The number of hydrogen-bond acceptors (Lipinski definition) is 4. The maximum Gasteiger partial charge on any atom is 0.321 e. The van der Waals surface area contributed by atoms with Gasteiger partial charge < -0.3 is 15.3 Å². The van der Waals surface area contributed by atoms with E-state index in [9.17, 15) is 14.4 Å². The van der Waals surface area contributed by atoms with Crippen molar-refractivity contribution in [2.45, 2.75) is 38.8 Å². The van der Waals surface area contributed by atoms with E-state index in [1.807, 2.05) is 0 Å². The summed E-state index contributed by atoms with van der Waals surface area (Å²) in [6.07, 6.45) is -0.421. The molecule has 2 atom stereocenters. The van der Waals surface area contributed by atoms with Crippen LogP contribution in [-0.2, 0) is 14.4 Å². The Balaban J connectivity index is 4.61. The van der Waals surface area contributed by atoms with Gasteiger partial charge in [0.1, 0.15) is 12.1 Å². The predicted octanol–water partition coefficient (Wildman–Crippen LogP) is 0.00320. The van der Waals surface area contributed by atoms with Crippen LogP contribution in [0.15, 0.2) is 0 Å². The summed E-state index contributed by atoms with van der Waals surface area (Å²) >= 11 is 0. The zero-order valence-corrected chi connectivity index (χ0v) is 9.71. The van der Waals surface area contributed by atoms with Crippen LogP contribution in [0.25, 0.3) is 0 Å². The lowest BCUT2D eigenvalue weighted by Crippen LogP contribution is -2.48. The van der Waals surface area contributed by atoms with Gasteiger partial charge in [-0.25, -0.2) is 0 Å². The normalized spacial score (nSPS) is 14.3. The third-order valence-corrected chi connectivity index (χ3v) is 2.08.